The Morgan fingerprint density at radius 3 is 2.47 bits per heavy atom. The Balaban J connectivity index is 1.67. The highest BCUT2D eigenvalue weighted by Gasteiger charge is 2.49. The van der Waals surface area contributed by atoms with Crippen molar-refractivity contribution in [1.82, 2.24) is 10.2 Å². The molecule has 0 unspecified atom stereocenters. The fourth-order valence-electron chi connectivity index (χ4n) is 3.88. The van der Waals surface area contributed by atoms with E-state index in [4.69, 9.17) is 0 Å². The summed E-state index contributed by atoms with van der Waals surface area (Å²) in [5.74, 6) is 1.27. The minimum Gasteiger partial charge on any atom is -0.325 e. The van der Waals surface area contributed by atoms with Crippen LogP contribution in [0.1, 0.15) is 58.3 Å². The highest BCUT2D eigenvalue weighted by molar-refractivity contribution is 5.89. The Kier molecular flexibility index (Phi) is 2.89. The Labute approximate surface area is 104 Å². The molecule has 1 spiro atoms. The zero-order chi connectivity index (χ0) is 11.9. The molecule has 0 aromatic heterocycles. The molecule has 3 nitrogen and oxygen atoms in total. The van der Waals surface area contributed by atoms with Gasteiger partial charge < -0.3 is 4.90 Å². The number of nitrogens with one attached hydrogen (secondary N) is 1. The first kappa shape index (κ1) is 11.5. The van der Waals surface area contributed by atoms with Crippen molar-refractivity contribution in [3.63, 3.8) is 0 Å². The monoisotopic (exact) mass is 236 g/mol. The fraction of sp³-hybridized carbons (Fsp3) is 0.929. The highest BCUT2D eigenvalue weighted by Crippen LogP contribution is 2.37. The third-order valence-corrected chi connectivity index (χ3v) is 5.14. The summed E-state index contributed by atoms with van der Waals surface area (Å²) >= 11 is 0. The molecule has 17 heavy (non-hydrogen) atoms. The summed E-state index contributed by atoms with van der Waals surface area (Å²) in [6, 6.07) is 0.520. The molecule has 0 aromatic carbocycles. The zero-order valence-corrected chi connectivity index (χ0v) is 10.9. The number of amides is 1. The van der Waals surface area contributed by atoms with Gasteiger partial charge in [0.15, 0.2) is 0 Å². The normalized spacial score (nSPS) is 37.0. The molecule has 0 aromatic rings. The number of carbonyl (C=O) groups excluding carboxylic acids is 1. The molecular formula is C14H24N2O. The van der Waals surface area contributed by atoms with Gasteiger partial charge in [-0.3, -0.25) is 10.1 Å². The van der Waals surface area contributed by atoms with Gasteiger partial charge in [-0.25, -0.2) is 0 Å². The zero-order valence-electron chi connectivity index (χ0n) is 10.9. The van der Waals surface area contributed by atoms with Gasteiger partial charge in [0.1, 0.15) is 0 Å². The van der Waals surface area contributed by atoms with Gasteiger partial charge in [0.05, 0.1) is 12.2 Å². The Bertz CT molecular complexity index is 301. The molecule has 3 aliphatic rings. The van der Waals surface area contributed by atoms with Crippen molar-refractivity contribution >= 4 is 5.91 Å². The number of nitrogens with zero attached hydrogens (tertiary/aromatic N) is 1. The molecular weight excluding hydrogens is 212 g/mol. The van der Waals surface area contributed by atoms with Crippen LogP contribution in [0.5, 0.6) is 0 Å². The lowest BCUT2D eigenvalue weighted by Crippen LogP contribution is -2.46. The van der Waals surface area contributed by atoms with E-state index in [9.17, 15) is 4.79 Å². The molecule has 0 bridgehead atoms. The predicted octanol–water partition coefficient (Wildman–Crippen LogP) is 2.27. The van der Waals surface area contributed by atoms with Gasteiger partial charge in [-0.05, 0) is 44.4 Å². The molecule has 2 saturated carbocycles. The average molecular weight is 236 g/mol. The van der Waals surface area contributed by atoms with E-state index >= 15 is 0 Å². The summed E-state index contributed by atoms with van der Waals surface area (Å²) in [5.41, 5.74) is -0.150. The Hall–Kier alpha value is -0.570. The van der Waals surface area contributed by atoms with E-state index in [1.165, 1.54) is 38.5 Å². The van der Waals surface area contributed by atoms with Crippen LogP contribution in [0, 0.1) is 5.92 Å². The number of hydrogen-bond acceptors (Lipinski definition) is 2. The fourth-order valence-corrected chi connectivity index (χ4v) is 3.88. The first-order valence-electron chi connectivity index (χ1n) is 7.27. The summed E-state index contributed by atoms with van der Waals surface area (Å²) in [7, 11) is 0. The first-order valence-corrected chi connectivity index (χ1v) is 7.27. The van der Waals surface area contributed by atoms with E-state index in [1.807, 2.05) is 0 Å². The molecule has 0 atom stereocenters. The summed E-state index contributed by atoms with van der Waals surface area (Å²) in [6.07, 6.45) is 9.57. The van der Waals surface area contributed by atoms with E-state index in [0.29, 0.717) is 11.9 Å². The second-order valence-electron chi connectivity index (χ2n) is 6.31. The van der Waals surface area contributed by atoms with Crippen molar-refractivity contribution in [2.45, 2.75) is 69.9 Å². The van der Waals surface area contributed by atoms with E-state index < -0.39 is 0 Å². The average Bonchev–Trinajstić information content (AvgIpc) is 2.92. The number of hydrogen-bond donors (Lipinski definition) is 1. The summed E-state index contributed by atoms with van der Waals surface area (Å²) in [6.45, 7) is 3.14. The van der Waals surface area contributed by atoms with Crippen LogP contribution in [0.4, 0.5) is 0 Å². The third-order valence-electron chi connectivity index (χ3n) is 5.14. The SMILES string of the molecule is CC1CCC(N2CNC3(CCCC3)C2=O)CC1. The maximum absolute atomic E-state index is 12.6. The van der Waals surface area contributed by atoms with Crippen LogP contribution in [0.25, 0.3) is 0 Å². The van der Waals surface area contributed by atoms with Crippen molar-refractivity contribution < 1.29 is 4.79 Å². The molecule has 3 heteroatoms. The number of rotatable bonds is 1. The van der Waals surface area contributed by atoms with Crippen LogP contribution in [-0.4, -0.2) is 29.1 Å². The first-order chi connectivity index (χ1) is 8.21. The largest absolute Gasteiger partial charge is 0.325 e. The van der Waals surface area contributed by atoms with Crippen LogP contribution in [0.2, 0.25) is 0 Å². The topological polar surface area (TPSA) is 32.3 Å². The van der Waals surface area contributed by atoms with Crippen molar-refractivity contribution in [2.24, 2.45) is 5.92 Å². The van der Waals surface area contributed by atoms with Gasteiger partial charge in [0.25, 0.3) is 0 Å². The lowest BCUT2D eigenvalue weighted by Gasteiger charge is -2.33. The van der Waals surface area contributed by atoms with Crippen molar-refractivity contribution in [1.29, 1.82) is 0 Å². The van der Waals surface area contributed by atoms with Crippen LogP contribution in [0.3, 0.4) is 0 Å². The van der Waals surface area contributed by atoms with E-state index in [-0.39, 0.29) is 5.54 Å². The summed E-state index contributed by atoms with van der Waals surface area (Å²) in [4.78, 5) is 14.7. The maximum Gasteiger partial charge on any atom is 0.244 e. The van der Waals surface area contributed by atoms with Crippen molar-refractivity contribution in [2.75, 3.05) is 6.67 Å². The standard InChI is InChI=1S/C14H24N2O/c1-11-4-6-12(7-5-11)16-10-15-14(13(16)17)8-2-3-9-14/h11-12,15H,2-10H2,1H3. The summed E-state index contributed by atoms with van der Waals surface area (Å²) in [5, 5.41) is 3.52. The molecule has 1 amide bonds. The smallest absolute Gasteiger partial charge is 0.244 e. The molecule has 1 heterocycles. The van der Waals surface area contributed by atoms with Crippen LogP contribution >= 0.6 is 0 Å². The predicted molar refractivity (Wildman–Crippen MR) is 67.5 cm³/mol. The second kappa shape index (κ2) is 4.27. The Morgan fingerprint density at radius 1 is 1.18 bits per heavy atom. The van der Waals surface area contributed by atoms with E-state index in [1.54, 1.807) is 0 Å². The van der Waals surface area contributed by atoms with Gasteiger partial charge >= 0.3 is 0 Å². The lowest BCUT2D eigenvalue weighted by atomic mass is 9.86. The van der Waals surface area contributed by atoms with Crippen LogP contribution in [0.15, 0.2) is 0 Å². The van der Waals surface area contributed by atoms with Crippen molar-refractivity contribution in [3.05, 3.63) is 0 Å². The van der Waals surface area contributed by atoms with Crippen molar-refractivity contribution in [3.8, 4) is 0 Å². The summed E-state index contributed by atoms with van der Waals surface area (Å²) < 4.78 is 0. The van der Waals surface area contributed by atoms with Crippen LogP contribution in [-0.2, 0) is 4.79 Å². The molecule has 1 N–H and O–H groups in total. The number of carbonyl (C=O) groups is 1. The minimum atomic E-state index is -0.150. The quantitative estimate of drug-likeness (QED) is 0.757. The van der Waals surface area contributed by atoms with Gasteiger partial charge in [0.2, 0.25) is 5.91 Å². The molecule has 2 aliphatic carbocycles. The minimum absolute atomic E-state index is 0.150. The lowest BCUT2D eigenvalue weighted by molar-refractivity contribution is -0.134. The van der Waals surface area contributed by atoms with Gasteiger partial charge in [-0.2, -0.15) is 0 Å². The molecule has 3 rings (SSSR count). The molecule has 96 valence electrons. The van der Waals surface area contributed by atoms with E-state index in [0.717, 1.165) is 25.4 Å². The highest BCUT2D eigenvalue weighted by atomic mass is 16.2. The molecule has 0 radical (unpaired) electrons. The molecule has 1 saturated heterocycles. The van der Waals surface area contributed by atoms with E-state index in [2.05, 4.69) is 17.1 Å². The van der Waals surface area contributed by atoms with Gasteiger partial charge in [-0.15, -0.1) is 0 Å². The third kappa shape index (κ3) is 1.88. The van der Waals surface area contributed by atoms with Gasteiger partial charge in [-0.1, -0.05) is 19.8 Å². The second-order valence-corrected chi connectivity index (χ2v) is 6.31. The van der Waals surface area contributed by atoms with Crippen LogP contribution < -0.4 is 5.32 Å². The van der Waals surface area contributed by atoms with Gasteiger partial charge in [0, 0.05) is 6.04 Å². The maximum atomic E-state index is 12.6. The Morgan fingerprint density at radius 2 is 1.82 bits per heavy atom. The molecule has 3 fully saturated rings. The molecule has 1 aliphatic heterocycles.